The summed E-state index contributed by atoms with van der Waals surface area (Å²) >= 11 is 0. The molecule has 1 aliphatic rings. The van der Waals surface area contributed by atoms with Gasteiger partial charge in [0.15, 0.2) is 0 Å². The molecule has 3 atom stereocenters. The monoisotopic (exact) mass is 408 g/mol. The van der Waals surface area contributed by atoms with Crippen LogP contribution in [-0.2, 0) is 11.2 Å². The lowest BCUT2D eigenvalue weighted by atomic mass is 10.0. The summed E-state index contributed by atoms with van der Waals surface area (Å²) in [5.41, 5.74) is 2.13. The van der Waals surface area contributed by atoms with E-state index in [9.17, 15) is 14.6 Å². The Kier molecular flexibility index (Phi) is 6.77. The number of halogens is 1. The van der Waals surface area contributed by atoms with Crippen LogP contribution in [0.25, 0.3) is 0 Å². The van der Waals surface area contributed by atoms with E-state index < -0.39 is 18.5 Å². The highest BCUT2D eigenvalue weighted by atomic mass is 19.1. The fourth-order valence-corrected chi connectivity index (χ4v) is 3.58. The summed E-state index contributed by atoms with van der Waals surface area (Å²) in [5, 5.41) is 24.0. The van der Waals surface area contributed by atoms with Crippen molar-refractivity contribution in [3.63, 3.8) is 0 Å². The number of rotatable bonds is 7. The van der Waals surface area contributed by atoms with Gasteiger partial charge < -0.3 is 24.4 Å². The maximum absolute atomic E-state index is 14.5. The number of methoxy groups -OCH3 is 1. The third-order valence-electron chi connectivity index (χ3n) is 5.14. The van der Waals surface area contributed by atoms with Crippen molar-refractivity contribution in [3.8, 4) is 11.6 Å². The van der Waals surface area contributed by atoms with Crippen molar-refractivity contribution in [1.29, 1.82) is 0 Å². The highest BCUT2D eigenvalue weighted by Gasteiger charge is 2.31. The molecule has 2 unspecified atom stereocenters. The molecule has 0 bridgehead atoms. The number of nitrogens with zero attached hydrogens (tertiary/aromatic N) is 2. The van der Waals surface area contributed by atoms with Gasteiger partial charge in [0, 0.05) is 42.6 Å². The average Bonchev–Trinajstić information content (AvgIpc) is 2.98. The number of ether oxygens (including phenoxy) is 3. The molecule has 8 heteroatoms. The minimum Gasteiger partial charge on any atom is -0.497 e. The van der Waals surface area contributed by atoms with Gasteiger partial charge in [0.1, 0.15) is 11.6 Å². The van der Waals surface area contributed by atoms with Gasteiger partial charge in [-0.2, -0.15) is 0 Å². The minimum atomic E-state index is -0.731. The standard InChI is InChI=1S/C21H29FN2O5/c1-12(2)24-13(3)18(7-14-5-6-16(27-4)10-19(14)22)21(23-24)29-20-9-15(26)8-17(11-25)28-20/h5-6,10,12,15,17,20,25-26H,7-9,11H2,1-4H3/t15?,17?,20-/m0/s1. The van der Waals surface area contributed by atoms with E-state index in [4.69, 9.17) is 14.2 Å². The molecule has 2 N–H and O–H groups in total. The second kappa shape index (κ2) is 9.11. The Bertz CT molecular complexity index is 839. The van der Waals surface area contributed by atoms with E-state index in [1.807, 2.05) is 25.5 Å². The van der Waals surface area contributed by atoms with Crippen molar-refractivity contribution in [2.75, 3.05) is 13.7 Å². The second-order valence-electron chi connectivity index (χ2n) is 7.65. The molecule has 0 spiro atoms. The van der Waals surface area contributed by atoms with Crippen LogP contribution in [0.4, 0.5) is 4.39 Å². The zero-order valence-electron chi connectivity index (χ0n) is 17.3. The first-order valence-electron chi connectivity index (χ1n) is 9.83. The number of benzene rings is 1. The van der Waals surface area contributed by atoms with Crippen LogP contribution >= 0.6 is 0 Å². The Morgan fingerprint density at radius 1 is 1.34 bits per heavy atom. The Balaban J connectivity index is 1.90. The van der Waals surface area contributed by atoms with Gasteiger partial charge in [0.2, 0.25) is 12.2 Å². The normalized spacial score (nSPS) is 22.1. The van der Waals surface area contributed by atoms with Gasteiger partial charge in [-0.15, -0.1) is 5.10 Å². The number of aromatic nitrogens is 2. The number of aliphatic hydroxyl groups is 2. The molecular weight excluding hydrogens is 379 g/mol. The summed E-state index contributed by atoms with van der Waals surface area (Å²) in [4.78, 5) is 0. The molecule has 1 aliphatic heterocycles. The first kappa shape index (κ1) is 21.5. The lowest BCUT2D eigenvalue weighted by Gasteiger charge is -2.31. The van der Waals surface area contributed by atoms with Crippen LogP contribution in [0.2, 0.25) is 0 Å². The van der Waals surface area contributed by atoms with Crippen molar-refractivity contribution in [2.24, 2.45) is 0 Å². The molecule has 3 rings (SSSR count). The van der Waals surface area contributed by atoms with E-state index >= 15 is 0 Å². The Labute approximate surface area is 170 Å². The van der Waals surface area contributed by atoms with Crippen LogP contribution in [0.15, 0.2) is 18.2 Å². The molecule has 0 aliphatic carbocycles. The predicted octanol–water partition coefficient (Wildman–Crippen LogP) is 2.75. The maximum atomic E-state index is 14.5. The Hall–Kier alpha value is -2.16. The highest BCUT2D eigenvalue weighted by molar-refractivity contribution is 5.39. The summed E-state index contributed by atoms with van der Waals surface area (Å²) < 4.78 is 33.1. The summed E-state index contributed by atoms with van der Waals surface area (Å²) in [7, 11) is 1.50. The minimum absolute atomic E-state index is 0.0925. The maximum Gasteiger partial charge on any atom is 0.238 e. The van der Waals surface area contributed by atoms with Crippen LogP contribution in [-0.4, -0.2) is 52.2 Å². The SMILES string of the molecule is COc1ccc(Cc2c(O[C@H]3CC(O)CC(CO)O3)nn(C(C)C)c2C)c(F)c1. The molecule has 2 aromatic rings. The Morgan fingerprint density at radius 2 is 2.10 bits per heavy atom. The molecule has 1 fully saturated rings. The zero-order chi connectivity index (χ0) is 21.1. The van der Waals surface area contributed by atoms with E-state index in [1.165, 1.54) is 13.2 Å². The quantitative estimate of drug-likeness (QED) is 0.733. The summed E-state index contributed by atoms with van der Waals surface area (Å²) in [6, 6.07) is 4.85. The predicted molar refractivity (Wildman–Crippen MR) is 105 cm³/mol. The van der Waals surface area contributed by atoms with Crippen molar-refractivity contribution < 1.29 is 28.8 Å². The highest BCUT2D eigenvalue weighted by Crippen LogP contribution is 2.31. The lowest BCUT2D eigenvalue weighted by Crippen LogP contribution is -2.40. The van der Waals surface area contributed by atoms with Crippen molar-refractivity contribution in [3.05, 3.63) is 40.8 Å². The fraction of sp³-hybridized carbons (Fsp3) is 0.571. The van der Waals surface area contributed by atoms with Crippen LogP contribution in [0.5, 0.6) is 11.6 Å². The smallest absolute Gasteiger partial charge is 0.238 e. The summed E-state index contributed by atoms with van der Waals surface area (Å²) in [6.45, 7) is 5.73. The van der Waals surface area contributed by atoms with Crippen LogP contribution in [0, 0.1) is 12.7 Å². The van der Waals surface area contributed by atoms with E-state index in [1.54, 1.807) is 12.1 Å². The molecular formula is C21H29FN2O5. The molecule has 1 saturated heterocycles. The molecule has 1 aromatic carbocycles. The first-order chi connectivity index (χ1) is 13.8. The molecule has 7 nitrogen and oxygen atoms in total. The molecule has 0 saturated carbocycles. The van der Waals surface area contributed by atoms with Gasteiger partial charge in [0.05, 0.1) is 25.9 Å². The Morgan fingerprint density at radius 3 is 2.72 bits per heavy atom. The fourth-order valence-electron chi connectivity index (χ4n) is 3.58. The molecule has 0 amide bonds. The number of aliphatic hydroxyl groups excluding tert-OH is 2. The van der Waals surface area contributed by atoms with Gasteiger partial charge in [-0.05, 0) is 32.4 Å². The van der Waals surface area contributed by atoms with Gasteiger partial charge >= 0.3 is 0 Å². The van der Waals surface area contributed by atoms with Gasteiger partial charge in [-0.25, -0.2) is 4.39 Å². The average molecular weight is 408 g/mol. The summed E-state index contributed by atoms with van der Waals surface area (Å²) in [6.07, 6.45) is -0.908. The number of hydrogen-bond acceptors (Lipinski definition) is 6. The third-order valence-corrected chi connectivity index (χ3v) is 5.14. The van der Waals surface area contributed by atoms with Crippen molar-refractivity contribution in [1.82, 2.24) is 9.78 Å². The number of hydrogen-bond donors (Lipinski definition) is 2. The topological polar surface area (TPSA) is 86.0 Å². The zero-order valence-corrected chi connectivity index (χ0v) is 17.3. The largest absolute Gasteiger partial charge is 0.497 e. The van der Waals surface area contributed by atoms with Gasteiger partial charge in [-0.3, -0.25) is 4.68 Å². The third kappa shape index (κ3) is 4.88. The van der Waals surface area contributed by atoms with E-state index in [0.717, 1.165) is 11.3 Å². The molecule has 0 radical (unpaired) electrons. The molecule has 160 valence electrons. The van der Waals surface area contributed by atoms with Gasteiger partial charge in [0.25, 0.3) is 0 Å². The van der Waals surface area contributed by atoms with E-state index in [-0.39, 0.29) is 24.9 Å². The van der Waals surface area contributed by atoms with Gasteiger partial charge in [-0.1, -0.05) is 6.07 Å². The van der Waals surface area contributed by atoms with Crippen LogP contribution in [0.1, 0.15) is 49.6 Å². The van der Waals surface area contributed by atoms with Crippen molar-refractivity contribution >= 4 is 0 Å². The van der Waals surface area contributed by atoms with Crippen LogP contribution < -0.4 is 9.47 Å². The molecule has 29 heavy (non-hydrogen) atoms. The molecule has 2 heterocycles. The van der Waals surface area contributed by atoms with Crippen LogP contribution in [0.3, 0.4) is 0 Å². The lowest BCUT2D eigenvalue weighted by molar-refractivity contribution is -0.186. The van der Waals surface area contributed by atoms with E-state index in [2.05, 4.69) is 5.10 Å². The summed E-state index contributed by atoms with van der Waals surface area (Å²) in [5.74, 6) is 0.441. The second-order valence-corrected chi connectivity index (χ2v) is 7.65. The molecule has 1 aromatic heterocycles. The van der Waals surface area contributed by atoms with E-state index in [0.29, 0.717) is 30.0 Å². The van der Waals surface area contributed by atoms with Crippen molar-refractivity contribution in [2.45, 2.75) is 64.6 Å². The first-order valence-corrected chi connectivity index (χ1v) is 9.83.